The van der Waals surface area contributed by atoms with Gasteiger partial charge in [0.1, 0.15) is 11.6 Å². The van der Waals surface area contributed by atoms with E-state index in [0.29, 0.717) is 17.7 Å². The Balaban J connectivity index is 0.000000175. The summed E-state index contributed by atoms with van der Waals surface area (Å²) >= 11 is 0. The first kappa shape index (κ1) is 35.4. The molecule has 2 saturated heterocycles. The highest BCUT2D eigenvalue weighted by Gasteiger charge is 2.41. The van der Waals surface area contributed by atoms with Crippen LogP contribution in [0.2, 0.25) is 0 Å². The maximum atomic E-state index is 13.5. The standard InChI is InChI=1S/C26H23FN2O2.C18H20FNO/c27-21-12-10-19(11-13-21)24-17-28(14-18-6-2-1-3-7-18)15-20(24)16-29-25(30)22-8-4-5-9-23(22)26(29)31;19-17-8-6-15(7-9-17)18-12-20(11-16(18)13-21)10-14-4-2-1-3-5-14/h1-13,20,24H,14-17H2;1-9,16,18,21H,10-13H2/t20-,24-;16-,18-/m11/s1. The lowest BCUT2D eigenvalue weighted by Crippen LogP contribution is -2.36. The molecule has 3 aliphatic rings. The van der Waals surface area contributed by atoms with Gasteiger partial charge >= 0.3 is 0 Å². The molecule has 266 valence electrons. The Morgan fingerprint density at radius 2 is 0.923 bits per heavy atom. The Morgan fingerprint density at radius 1 is 0.519 bits per heavy atom. The van der Waals surface area contributed by atoms with E-state index in [1.165, 1.54) is 40.3 Å². The highest BCUT2D eigenvalue weighted by atomic mass is 19.1. The van der Waals surface area contributed by atoms with Crippen LogP contribution in [0, 0.1) is 23.5 Å². The topological polar surface area (TPSA) is 64.1 Å². The lowest BCUT2D eigenvalue weighted by atomic mass is 9.88. The third kappa shape index (κ3) is 8.05. The number of benzene rings is 5. The van der Waals surface area contributed by atoms with Crippen LogP contribution in [0.5, 0.6) is 0 Å². The Hall–Kier alpha value is -5.02. The zero-order chi connectivity index (χ0) is 36.0. The molecule has 2 fully saturated rings. The first-order valence-electron chi connectivity index (χ1n) is 18.0. The van der Waals surface area contributed by atoms with Gasteiger partial charge in [-0.2, -0.15) is 0 Å². The van der Waals surface area contributed by atoms with Crippen molar-refractivity contribution in [1.82, 2.24) is 14.7 Å². The molecule has 5 aromatic carbocycles. The highest BCUT2D eigenvalue weighted by Crippen LogP contribution is 2.36. The molecule has 0 aromatic heterocycles. The summed E-state index contributed by atoms with van der Waals surface area (Å²) in [5.41, 5.74) is 5.62. The number of rotatable bonds is 9. The van der Waals surface area contributed by atoms with Crippen LogP contribution in [-0.4, -0.2) is 71.0 Å². The van der Waals surface area contributed by atoms with Gasteiger partial charge in [0.2, 0.25) is 0 Å². The fraction of sp³-hybridized carbons (Fsp3) is 0.273. The SMILES string of the molecule is O=C1c2ccccc2C(=O)N1C[C@H]1CN(Cc2ccccc2)C[C@@H]1c1ccc(F)cc1.OC[C@H]1CN(Cc2ccccc2)C[C@@H]1c1ccc(F)cc1. The van der Waals surface area contributed by atoms with Gasteiger partial charge in [-0.15, -0.1) is 0 Å². The largest absolute Gasteiger partial charge is 0.396 e. The average Bonchev–Trinajstić information content (AvgIpc) is 3.84. The van der Waals surface area contributed by atoms with E-state index in [4.69, 9.17) is 0 Å². The molecule has 5 aromatic rings. The number of amides is 2. The number of carbonyl (C=O) groups excluding carboxylic acids is 2. The number of nitrogens with zero attached hydrogens (tertiary/aromatic N) is 3. The Bertz CT molecular complexity index is 1920. The molecule has 52 heavy (non-hydrogen) atoms. The van der Waals surface area contributed by atoms with Crippen LogP contribution in [0.4, 0.5) is 8.78 Å². The molecule has 3 aliphatic heterocycles. The molecule has 0 aliphatic carbocycles. The Kier molecular flexibility index (Phi) is 11.0. The first-order chi connectivity index (χ1) is 25.4. The molecule has 6 nitrogen and oxygen atoms in total. The quantitative estimate of drug-likeness (QED) is 0.163. The average molecular weight is 700 g/mol. The summed E-state index contributed by atoms with van der Waals surface area (Å²) in [6, 6.07) is 40.9. The summed E-state index contributed by atoms with van der Waals surface area (Å²) in [6.45, 7) is 5.59. The molecule has 3 heterocycles. The van der Waals surface area contributed by atoms with Crippen LogP contribution in [0.3, 0.4) is 0 Å². The van der Waals surface area contributed by atoms with Crippen LogP contribution < -0.4 is 0 Å². The number of aliphatic hydroxyl groups is 1. The number of imide groups is 1. The number of aliphatic hydroxyl groups excluding tert-OH is 1. The molecule has 1 N–H and O–H groups in total. The van der Waals surface area contributed by atoms with Gasteiger partial charge in [0.05, 0.1) is 11.1 Å². The molecule has 0 saturated carbocycles. The maximum absolute atomic E-state index is 13.5. The van der Waals surface area contributed by atoms with Gasteiger partial charge in [0.15, 0.2) is 0 Å². The van der Waals surface area contributed by atoms with Crippen LogP contribution in [0.1, 0.15) is 54.8 Å². The van der Waals surface area contributed by atoms with Gasteiger partial charge in [0, 0.05) is 70.2 Å². The van der Waals surface area contributed by atoms with Crippen molar-refractivity contribution >= 4 is 11.8 Å². The summed E-state index contributed by atoms with van der Waals surface area (Å²) in [6.07, 6.45) is 0. The zero-order valence-electron chi connectivity index (χ0n) is 29.0. The lowest BCUT2D eigenvalue weighted by molar-refractivity contribution is 0.0626. The van der Waals surface area contributed by atoms with Gasteiger partial charge in [-0.3, -0.25) is 24.3 Å². The number of likely N-dealkylation sites (tertiary alicyclic amines) is 2. The van der Waals surface area contributed by atoms with E-state index < -0.39 is 0 Å². The molecule has 0 unspecified atom stereocenters. The predicted molar refractivity (Wildman–Crippen MR) is 198 cm³/mol. The molecule has 0 radical (unpaired) electrons. The number of halogens is 2. The second-order valence-corrected chi connectivity index (χ2v) is 14.1. The third-order valence-electron chi connectivity index (χ3n) is 10.7. The molecule has 0 bridgehead atoms. The van der Waals surface area contributed by atoms with Crippen molar-refractivity contribution in [3.05, 3.63) is 178 Å². The van der Waals surface area contributed by atoms with Gasteiger partial charge in [-0.1, -0.05) is 97.1 Å². The van der Waals surface area contributed by atoms with Crippen molar-refractivity contribution < 1.29 is 23.5 Å². The number of fused-ring (bicyclic) bond motifs is 1. The summed E-state index contributed by atoms with van der Waals surface area (Å²) in [7, 11) is 0. The van der Waals surface area contributed by atoms with E-state index in [1.807, 2.05) is 60.7 Å². The molecular weight excluding hydrogens is 656 g/mol. The molecule has 2 amide bonds. The second kappa shape index (κ2) is 16.1. The third-order valence-corrected chi connectivity index (χ3v) is 10.7. The fourth-order valence-corrected chi connectivity index (χ4v) is 8.05. The summed E-state index contributed by atoms with van der Waals surface area (Å²) in [4.78, 5) is 31.9. The van der Waals surface area contributed by atoms with Crippen LogP contribution in [0.25, 0.3) is 0 Å². The molecule has 8 heteroatoms. The minimum atomic E-state index is -0.264. The van der Waals surface area contributed by atoms with E-state index in [0.717, 1.165) is 50.4 Å². The van der Waals surface area contributed by atoms with Gasteiger partial charge in [-0.25, -0.2) is 8.78 Å². The molecular formula is C44H43F2N3O3. The fourth-order valence-electron chi connectivity index (χ4n) is 8.05. The van der Waals surface area contributed by atoms with Crippen molar-refractivity contribution in [3.63, 3.8) is 0 Å². The van der Waals surface area contributed by atoms with E-state index in [9.17, 15) is 23.5 Å². The first-order valence-corrected chi connectivity index (χ1v) is 18.0. The van der Waals surface area contributed by atoms with E-state index >= 15 is 0 Å². The maximum Gasteiger partial charge on any atom is 0.261 e. The number of hydrogen-bond acceptors (Lipinski definition) is 5. The molecule has 0 spiro atoms. The van der Waals surface area contributed by atoms with Crippen LogP contribution in [-0.2, 0) is 13.1 Å². The van der Waals surface area contributed by atoms with Gasteiger partial charge in [-0.05, 0) is 64.6 Å². The van der Waals surface area contributed by atoms with E-state index in [-0.39, 0.29) is 53.7 Å². The number of carbonyl (C=O) groups is 2. The van der Waals surface area contributed by atoms with Crippen molar-refractivity contribution in [2.75, 3.05) is 39.3 Å². The predicted octanol–water partition coefficient (Wildman–Crippen LogP) is 7.37. The minimum absolute atomic E-state index is 0.0800. The van der Waals surface area contributed by atoms with E-state index in [1.54, 1.807) is 24.3 Å². The Morgan fingerprint density at radius 3 is 1.37 bits per heavy atom. The zero-order valence-corrected chi connectivity index (χ0v) is 29.0. The molecule has 4 atom stereocenters. The second-order valence-electron chi connectivity index (χ2n) is 14.1. The van der Waals surface area contributed by atoms with Gasteiger partial charge < -0.3 is 5.11 Å². The van der Waals surface area contributed by atoms with Crippen LogP contribution in [0.15, 0.2) is 133 Å². The van der Waals surface area contributed by atoms with Crippen molar-refractivity contribution in [3.8, 4) is 0 Å². The molecule has 8 rings (SSSR count). The summed E-state index contributed by atoms with van der Waals surface area (Å²) in [5.74, 6) is -0.221. The summed E-state index contributed by atoms with van der Waals surface area (Å²) in [5, 5.41) is 9.64. The normalized spacial score (nSPS) is 21.6. The highest BCUT2D eigenvalue weighted by molar-refractivity contribution is 6.21. The van der Waals surface area contributed by atoms with Crippen molar-refractivity contribution in [2.45, 2.75) is 24.9 Å². The summed E-state index contributed by atoms with van der Waals surface area (Å²) < 4.78 is 26.6. The van der Waals surface area contributed by atoms with Crippen LogP contribution >= 0.6 is 0 Å². The lowest BCUT2D eigenvalue weighted by Gasteiger charge is -2.23. The van der Waals surface area contributed by atoms with Gasteiger partial charge in [0.25, 0.3) is 11.8 Å². The smallest absolute Gasteiger partial charge is 0.261 e. The van der Waals surface area contributed by atoms with Crippen molar-refractivity contribution in [2.24, 2.45) is 11.8 Å². The van der Waals surface area contributed by atoms with Crippen molar-refractivity contribution in [1.29, 1.82) is 0 Å². The number of hydrogen-bond donors (Lipinski definition) is 1. The van der Waals surface area contributed by atoms with E-state index in [2.05, 4.69) is 34.1 Å². The Labute approximate surface area is 303 Å². The monoisotopic (exact) mass is 699 g/mol. The minimum Gasteiger partial charge on any atom is -0.396 e.